The van der Waals surface area contributed by atoms with Crippen molar-refractivity contribution in [3.8, 4) is 0 Å². The Morgan fingerprint density at radius 1 is 0.897 bits per heavy atom. The van der Waals surface area contributed by atoms with Crippen LogP contribution in [-0.2, 0) is 22.6 Å². The number of rotatable bonds is 7. The second kappa shape index (κ2) is 9.59. The molecule has 0 unspecified atom stereocenters. The van der Waals surface area contributed by atoms with E-state index in [-0.39, 0.29) is 11.6 Å². The lowest BCUT2D eigenvalue weighted by Gasteiger charge is -2.26. The Bertz CT molecular complexity index is 903. The Kier molecular flexibility index (Phi) is 6.68. The zero-order chi connectivity index (χ0) is 20.6. The van der Waals surface area contributed by atoms with E-state index in [1.54, 1.807) is 18.7 Å². The van der Waals surface area contributed by atoms with Gasteiger partial charge in [-0.05, 0) is 25.0 Å². The van der Waals surface area contributed by atoms with E-state index in [1.807, 2.05) is 60.7 Å². The van der Waals surface area contributed by atoms with Crippen LogP contribution in [0.25, 0.3) is 0 Å². The zero-order valence-electron chi connectivity index (χ0n) is 16.5. The Morgan fingerprint density at radius 2 is 1.45 bits per heavy atom. The molecule has 6 heteroatoms. The van der Waals surface area contributed by atoms with Gasteiger partial charge in [-0.25, -0.2) is 9.78 Å². The van der Waals surface area contributed by atoms with E-state index in [0.717, 1.165) is 11.1 Å². The molecule has 0 aliphatic rings. The van der Waals surface area contributed by atoms with Crippen molar-refractivity contribution in [3.05, 3.63) is 95.6 Å². The Labute approximate surface area is 170 Å². The number of amides is 1. The monoisotopic (exact) mass is 389 g/mol. The Balaban J connectivity index is 1.73. The second-order valence-electron chi connectivity index (χ2n) is 6.76. The van der Waals surface area contributed by atoms with Crippen LogP contribution < -0.4 is 0 Å². The van der Waals surface area contributed by atoms with Crippen LogP contribution in [0.4, 0.5) is 0 Å². The number of carbonyl (C=O) groups excluding carboxylic acids is 2. The van der Waals surface area contributed by atoms with Crippen LogP contribution in [0.1, 0.15) is 34.2 Å². The molecule has 0 spiro atoms. The van der Waals surface area contributed by atoms with Crippen LogP contribution in [0, 0.1) is 6.92 Å². The first-order valence-electron chi connectivity index (χ1n) is 9.39. The molecule has 0 bridgehead atoms. The van der Waals surface area contributed by atoms with Crippen molar-refractivity contribution in [3.63, 3.8) is 0 Å². The molecule has 1 aromatic heterocycles. The molecule has 0 aliphatic carbocycles. The molecule has 6 nitrogen and oxygen atoms in total. The number of hydrogen-bond acceptors (Lipinski definition) is 5. The van der Waals surface area contributed by atoms with Crippen LogP contribution in [0.3, 0.4) is 0 Å². The summed E-state index contributed by atoms with van der Waals surface area (Å²) >= 11 is 0. The van der Waals surface area contributed by atoms with E-state index in [4.69, 9.17) is 4.74 Å². The summed E-state index contributed by atoms with van der Waals surface area (Å²) in [5.74, 6) is -0.941. The highest BCUT2D eigenvalue weighted by molar-refractivity contribution is 5.90. The highest BCUT2D eigenvalue weighted by Crippen LogP contribution is 2.13. The van der Waals surface area contributed by atoms with Gasteiger partial charge in [-0.1, -0.05) is 60.7 Å². The van der Waals surface area contributed by atoms with Crippen molar-refractivity contribution in [2.45, 2.75) is 33.0 Å². The standard InChI is InChI=1S/C23H23N3O3/c1-17-13-25-21(14-24-17)23(28)29-18(2)22(27)26(15-19-9-5-3-6-10-19)16-20-11-7-4-8-12-20/h3-14,18H,15-16H2,1-2H3/t18-/m1/s1. The predicted octanol–water partition coefficient (Wildman–Crippen LogP) is 3.56. The Morgan fingerprint density at radius 3 is 1.93 bits per heavy atom. The maximum atomic E-state index is 13.1. The molecule has 1 atom stereocenters. The summed E-state index contributed by atoms with van der Waals surface area (Å²) in [5, 5.41) is 0. The average molecular weight is 389 g/mol. The molecule has 3 rings (SSSR count). The molecule has 1 amide bonds. The van der Waals surface area contributed by atoms with Crippen LogP contribution >= 0.6 is 0 Å². The fraction of sp³-hybridized carbons (Fsp3) is 0.217. The van der Waals surface area contributed by atoms with Crippen molar-refractivity contribution in [2.75, 3.05) is 0 Å². The summed E-state index contributed by atoms with van der Waals surface area (Å²) in [6.07, 6.45) is 1.89. The normalized spacial score (nSPS) is 11.5. The summed E-state index contributed by atoms with van der Waals surface area (Å²) in [4.78, 5) is 35.1. The molecule has 0 N–H and O–H groups in total. The van der Waals surface area contributed by atoms with Gasteiger partial charge < -0.3 is 9.64 Å². The van der Waals surface area contributed by atoms with Gasteiger partial charge in [0, 0.05) is 19.3 Å². The van der Waals surface area contributed by atoms with Crippen molar-refractivity contribution in [2.24, 2.45) is 0 Å². The molecular formula is C23H23N3O3. The molecular weight excluding hydrogens is 366 g/mol. The molecule has 2 aromatic carbocycles. The predicted molar refractivity (Wildman–Crippen MR) is 109 cm³/mol. The van der Waals surface area contributed by atoms with Gasteiger partial charge in [-0.15, -0.1) is 0 Å². The number of nitrogens with zero attached hydrogens (tertiary/aromatic N) is 3. The smallest absolute Gasteiger partial charge is 0.359 e. The lowest BCUT2D eigenvalue weighted by molar-refractivity contribution is -0.141. The number of esters is 1. The van der Waals surface area contributed by atoms with Gasteiger partial charge in [0.1, 0.15) is 0 Å². The van der Waals surface area contributed by atoms with Crippen molar-refractivity contribution in [1.82, 2.24) is 14.9 Å². The van der Waals surface area contributed by atoms with E-state index in [0.29, 0.717) is 18.8 Å². The summed E-state index contributed by atoms with van der Waals surface area (Å²) < 4.78 is 5.36. The van der Waals surface area contributed by atoms with E-state index < -0.39 is 12.1 Å². The summed E-state index contributed by atoms with van der Waals surface area (Å²) in [5.41, 5.74) is 2.77. The zero-order valence-corrected chi connectivity index (χ0v) is 16.5. The highest BCUT2D eigenvalue weighted by Gasteiger charge is 2.25. The first kappa shape index (κ1) is 20.2. The lowest BCUT2D eigenvalue weighted by Crippen LogP contribution is -2.39. The van der Waals surface area contributed by atoms with Crippen LogP contribution in [-0.4, -0.2) is 32.8 Å². The summed E-state index contributed by atoms with van der Waals surface area (Å²) in [6.45, 7) is 4.19. The third-order valence-corrected chi connectivity index (χ3v) is 4.37. The van der Waals surface area contributed by atoms with Gasteiger partial charge >= 0.3 is 5.97 Å². The fourth-order valence-electron chi connectivity index (χ4n) is 2.85. The number of carbonyl (C=O) groups is 2. The molecule has 29 heavy (non-hydrogen) atoms. The first-order chi connectivity index (χ1) is 14.0. The minimum Gasteiger partial charge on any atom is -0.448 e. The van der Waals surface area contributed by atoms with Crippen LogP contribution in [0.5, 0.6) is 0 Å². The molecule has 0 saturated heterocycles. The van der Waals surface area contributed by atoms with Gasteiger partial charge in [0.15, 0.2) is 11.8 Å². The van der Waals surface area contributed by atoms with Crippen molar-refractivity contribution in [1.29, 1.82) is 0 Å². The van der Waals surface area contributed by atoms with Gasteiger partial charge in [0.05, 0.1) is 11.9 Å². The summed E-state index contributed by atoms with van der Waals surface area (Å²) in [7, 11) is 0. The first-order valence-corrected chi connectivity index (χ1v) is 9.39. The summed E-state index contributed by atoms with van der Waals surface area (Å²) in [6, 6.07) is 19.4. The number of benzene rings is 2. The van der Waals surface area contributed by atoms with E-state index >= 15 is 0 Å². The third kappa shape index (κ3) is 5.72. The van der Waals surface area contributed by atoms with Gasteiger partial charge in [0.25, 0.3) is 5.91 Å². The van der Waals surface area contributed by atoms with Crippen LogP contribution in [0.15, 0.2) is 73.1 Å². The van der Waals surface area contributed by atoms with Gasteiger partial charge in [-0.2, -0.15) is 0 Å². The van der Waals surface area contributed by atoms with Crippen molar-refractivity contribution < 1.29 is 14.3 Å². The molecule has 1 heterocycles. The number of aryl methyl sites for hydroxylation is 1. The molecule has 0 aliphatic heterocycles. The minimum absolute atomic E-state index is 0.0768. The number of aromatic nitrogens is 2. The van der Waals surface area contributed by atoms with E-state index in [9.17, 15) is 9.59 Å². The molecule has 3 aromatic rings. The maximum Gasteiger partial charge on any atom is 0.359 e. The molecule has 0 radical (unpaired) electrons. The quantitative estimate of drug-likeness (QED) is 0.578. The largest absolute Gasteiger partial charge is 0.448 e. The van der Waals surface area contributed by atoms with Crippen LogP contribution in [0.2, 0.25) is 0 Å². The lowest BCUT2D eigenvalue weighted by atomic mass is 10.1. The Hall–Kier alpha value is -3.54. The van der Waals surface area contributed by atoms with E-state index in [2.05, 4.69) is 9.97 Å². The number of hydrogen-bond donors (Lipinski definition) is 0. The third-order valence-electron chi connectivity index (χ3n) is 4.37. The average Bonchev–Trinajstić information content (AvgIpc) is 2.74. The molecule has 148 valence electrons. The molecule has 0 saturated carbocycles. The minimum atomic E-state index is -0.946. The fourth-order valence-corrected chi connectivity index (χ4v) is 2.85. The van der Waals surface area contributed by atoms with Gasteiger partial charge in [0.2, 0.25) is 0 Å². The number of ether oxygens (including phenoxy) is 1. The topological polar surface area (TPSA) is 72.4 Å². The van der Waals surface area contributed by atoms with Crippen molar-refractivity contribution >= 4 is 11.9 Å². The highest BCUT2D eigenvalue weighted by atomic mass is 16.5. The maximum absolute atomic E-state index is 13.1. The molecule has 0 fully saturated rings. The van der Waals surface area contributed by atoms with E-state index in [1.165, 1.54) is 12.4 Å². The second-order valence-corrected chi connectivity index (χ2v) is 6.76. The van der Waals surface area contributed by atoms with Gasteiger partial charge in [-0.3, -0.25) is 9.78 Å². The SMILES string of the molecule is Cc1cnc(C(=O)O[C@H](C)C(=O)N(Cc2ccccc2)Cc2ccccc2)cn1.